The number of guanidine groups is 1. The Morgan fingerprint density at radius 3 is 2.50 bits per heavy atom. The fraction of sp³-hybridized carbons (Fsp3) is 0.632. The first-order chi connectivity index (χ1) is 12.8. The van der Waals surface area contributed by atoms with Crippen molar-refractivity contribution < 1.29 is 8.42 Å². The number of benzene rings is 1. The van der Waals surface area contributed by atoms with Crippen molar-refractivity contribution in [2.75, 3.05) is 25.9 Å². The first-order valence-corrected chi connectivity index (χ1v) is 12.0. The Balaban J connectivity index is 0.00000392. The fourth-order valence-electron chi connectivity index (χ4n) is 2.74. The summed E-state index contributed by atoms with van der Waals surface area (Å²) in [6.45, 7) is 8.01. The van der Waals surface area contributed by atoms with E-state index in [0.717, 1.165) is 24.6 Å². The number of hydrogen-bond acceptors (Lipinski definition) is 4. The lowest BCUT2D eigenvalue weighted by Gasteiger charge is -2.21. The molecule has 0 saturated carbocycles. The van der Waals surface area contributed by atoms with Crippen molar-refractivity contribution in [3.63, 3.8) is 0 Å². The highest BCUT2D eigenvalue weighted by Crippen LogP contribution is 2.25. The average molecular weight is 541 g/mol. The Morgan fingerprint density at radius 2 is 1.96 bits per heavy atom. The van der Waals surface area contributed by atoms with Crippen molar-refractivity contribution in [1.82, 2.24) is 14.9 Å². The first-order valence-electron chi connectivity index (χ1n) is 9.55. The molecule has 0 spiro atoms. The smallest absolute Gasteiger partial charge is 0.243 e. The number of aliphatic imine (C=N–C) groups is 1. The van der Waals surface area contributed by atoms with Crippen LogP contribution in [0.3, 0.4) is 0 Å². The summed E-state index contributed by atoms with van der Waals surface area (Å²) in [4.78, 5) is 4.94. The van der Waals surface area contributed by atoms with E-state index in [1.807, 2.05) is 44.7 Å². The molecule has 28 heavy (non-hydrogen) atoms. The van der Waals surface area contributed by atoms with Gasteiger partial charge >= 0.3 is 0 Å². The maximum atomic E-state index is 12.5. The number of nitrogens with one attached hydrogen (secondary N) is 2. The second-order valence-corrected chi connectivity index (χ2v) is 10.4. The second kappa shape index (κ2) is 12.2. The summed E-state index contributed by atoms with van der Waals surface area (Å²) in [6.07, 6.45) is 2.56. The summed E-state index contributed by atoms with van der Waals surface area (Å²) < 4.78 is 26.4. The Kier molecular flexibility index (Phi) is 11.2. The van der Waals surface area contributed by atoms with Crippen LogP contribution in [0.15, 0.2) is 34.2 Å². The Bertz CT molecular complexity index is 718. The van der Waals surface area contributed by atoms with E-state index in [9.17, 15) is 8.42 Å². The van der Waals surface area contributed by atoms with Gasteiger partial charge in [-0.2, -0.15) is 16.1 Å². The molecule has 0 amide bonds. The summed E-state index contributed by atoms with van der Waals surface area (Å²) >= 11 is 2.02. The third-order valence-electron chi connectivity index (χ3n) is 4.61. The first kappa shape index (κ1) is 25.5. The molecule has 1 unspecified atom stereocenters. The number of sulfonamides is 1. The molecule has 0 bridgehead atoms. The van der Waals surface area contributed by atoms with E-state index in [4.69, 9.17) is 0 Å². The number of halogens is 1. The molecular weight excluding hydrogens is 507 g/mol. The third-order valence-corrected chi connectivity index (χ3v) is 8.06. The third kappa shape index (κ3) is 7.38. The van der Waals surface area contributed by atoms with Gasteiger partial charge in [-0.05, 0) is 57.1 Å². The van der Waals surface area contributed by atoms with Crippen molar-refractivity contribution in [1.29, 1.82) is 0 Å². The largest absolute Gasteiger partial charge is 0.357 e. The van der Waals surface area contributed by atoms with Gasteiger partial charge in [0.1, 0.15) is 0 Å². The minimum absolute atomic E-state index is 0. The highest BCUT2D eigenvalue weighted by Gasteiger charge is 2.22. The van der Waals surface area contributed by atoms with Crippen LogP contribution in [-0.2, 0) is 16.6 Å². The lowest BCUT2D eigenvalue weighted by molar-refractivity contribution is 0.410. The molecule has 160 valence electrons. The molecule has 6 nitrogen and oxygen atoms in total. The standard InChI is InChI=1S/C19H32N4O2S2.HI/c1-5-20-19(22-14-17-7-6-12-26-17)21-13-16-8-10-18(11-9-16)27(24,25)23(4)15(2)3;/h8-11,15,17H,5-7,12-14H2,1-4H3,(H2,20,21,22);1H. The van der Waals surface area contributed by atoms with Crippen LogP contribution in [0.2, 0.25) is 0 Å². The van der Waals surface area contributed by atoms with E-state index < -0.39 is 10.0 Å². The fourth-order valence-corrected chi connectivity index (χ4v) is 5.31. The molecule has 0 aliphatic carbocycles. The Labute approximate surface area is 191 Å². The SMILES string of the molecule is CCNC(=NCc1ccc(S(=O)(=O)N(C)C(C)C)cc1)NCC1CCCS1.I. The van der Waals surface area contributed by atoms with Gasteiger partial charge in [-0.1, -0.05) is 12.1 Å². The van der Waals surface area contributed by atoms with E-state index >= 15 is 0 Å². The van der Waals surface area contributed by atoms with Gasteiger partial charge in [-0.15, -0.1) is 24.0 Å². The summed E-state index contributed by atoms with van der Waals surface area (Å²) in [5, 5.41) is 7.34. The van der Waals surface area contributed by atoms with Gasteiger partial charge < -0.3 is 10.6 Å². The highest BCUT2D eigenvalue weighted by molar-refractivity contribution is 14.0. The molecule has 1 heterocycles. The summed E-state index contributed by atoms with van der Waals surface area (Å²) in [5.74, 6) is 2.06. The lowest BCUT2D eigenvalue weighted by Crippen LogP contribution is -2.40. The molecule has 0 radical (unpaired) electrons. The van der Waals surface area contributed by atoms with Crippen molar-refractivity contribution in [3.05, 3.63) is 29.8 Å². The summed E-state index contributed by atoms with van der Waals surface area (Å²) in [7, 11) is -1.84. The normalized spacial score (nSPS) is 17.6. The number of hydrogen-bond donors (Lipinski definition) is 2. The maximum Gasteiger partial charge on any atom is 0.243 e. The molecule has 9 heteroatoms. The van der Waals surface area contributed by atoms with Gasteiger partial charge in [-0.25, -0.2) is 13.4 Å². The quantitative estimate of drug-likeness (QED) is 0.301. The Morgan fingerprint density at radius 1 is 1.29 bits per heavy atom. The molecule has 1 aliphatic rings. The van der Waals surface area contributed by atoms with Crippen LogP contribution in [0.25, 0.3) is 0 Å². The molecule has 1 saturated heterocycles. The van der Waals surface area contributed by atoms with Gasteiger partial charge in [0.15, 0.2) is 5.96 Å². The molecule has 2 rings (SSSR count). The van der Waals surface area contributed by atoms with Gasteiger partial charge in [0.05, 0.1) is 11.4 Å². The van der Waals surface area contributed by atoms with Crippen molar-refractivity contribution in [2.24, 2.45) is 4.99 Å². The predicted molar refractivity (Wildman–Crippen MR) is 130 cm³/mol. The zero-order valence-corrected chi connectivity index (χ0v) is 21.1. The van der Waals surface area contributed by atoms with E-state index in [-0.39, 0.29) is 30.0 Å². The molecule has 0 aromatic heterocycles. The summed E-state index contributed by atoms with van der Waals surface area (Å²) in [6, 6.07) is 6.91. The summed E-state index contributed by atoms with van der Waals surface area (Å²) in [5.41, 5.74) is 0.980. The van der Waals surface area contributed by atoms with Gasteiger partial charge in [0.2, 0.25) is 10.0 Å². The van der Waals surface area contributed by atoms with Crippen LogP contribution >= 0.6 is 35.7 Å². The maximum absolute atomic E-state index is 12.5. The van der Waals surface area contributed by atoms with E-state index in [1.54, 1.807) is 19.2 Å². The van der Waals surface area contributed by atoms with Gasteiger partial charge in [-0.3, -0.25) is 0 Å². The average Bonchev–Trinajstić information content (AvgIpc) is 3.17. The molecule has 1 aromatic rings. The van der Waals surface area contributed by atoms with Crippen molar-refractivity contribution in [3.8, 4) is 0 Å². The zero-order valence-electron chi connectivity index (χ0n) is 17.1. The topological polar surface area (TPSA) is 73.8 Å². The van der Waals surface area contributed by atoms with Crippen LogP contribution in [0.5, 0.6) is 0 Å². The van der Waals surface area contributed by atoms with E-state index in [1.165, 1.54) is 22.9 Å². The van der Waals surface area contributed by atoms with Gasteiger partial charge in [0.25, 0.3) is 0 Å². The lowest BCUT2D eigenvalue weighted by atomic mass is 10.2. The molecule has 1 aliphatic heterocycles. The number of rotatable bonds is 8. The molecular formula is C19H33IN4O2S2. The molecule has 1 atom stereocenters. The number of nitrogens with zero attached hydrogens (tertiary/aromatic N) is 2. The van der Waals surface area contributed by atoms with Crippen molar-refractivity contribution >= 4 is 51.7 Å². The minimum Gasteiger partial charge on any atom is -0.357 e. The zero-order chi connectivity index (χ0) is 19.9. The molecule has 2 N–H and O–H groups in total. The van der Waals surface area contributed by atoms with E-state index in [0.29, 0.717) is 16.7 Å². The van der Waals surface area contributed by atoms with Crippen LogP contribution in [0.4, 0.5) is 0 Å². The van der Waals surface area contributed by atoms with Gasteiger partial charge in [0, 0.05) is 31.4 Å². The minimum atomic E-state index is -3.44. The molecule has 1 aromatic carbocycles. The van der Waals surface area contributed by atoms with E-state index in [2.05, 4.69) is 15.6 Å². The van der Waals surface area contributed by atoms with Crippen LogP contribution < -0.4 is 10.6 Å². The van der Waals surface area contributed by atoms with Crippen molar-refractivity contribution in [2.45, 2.75) is 56.3 Å². The number of thioether (sulfide) groups is 1. The van der Waals surface area contributed by atoms with Crippen LogP contribution in [0, 0.1) is 0 Å². The highest BCUT2D eigenvalue weighted by atomic mass is 127. The Hall–Kier alpha value is -0.520. The second-order valence-electron chi connectivity index (χ2n) is 6.97. The monoisotopic (exact) mass is 540 g/mol. The van der Waals surface area contributed by atoms with Crippen LogP contribution in [0.1, 0.15) is 39.2 Å². The van der Waals surface area contributed by atoms with Crippen LogP contribution in [-0.4, -0.2) is 55.9 Å². The molecule has 1 fully saturated rings. The predicted octanol–water partition coefficient (Wildman–Crippen LogP) is 3.28.